The van der Waals surface area contributed by atoms with Crippen LogP contribution in [-0.2, 0) is 0 Å². The number of fused-ring (bicyclic) bond motifs is 1. The van der Waals surface area contributed by atoms with Gasteiger partial charge < -0.3 is 15.9 Å². The Kier molecular flexibility index (Phi) is 4.31. The van der Waals surface area contributed by atoms with Crippen molar-refractivity contribution in [2.75, 3.05) is 12.3 Å². The van der Waals surface area contributed by atoms with E-state index in [9.17, 15) is 10.2 Å². The highest BCUT2D eigenvalue weighted by Crippen LogP contribution is 2.24. The molecule has 0 amide bonds. The van der Waals surface area contributed by atoms with Gasteiger partial charge in [-0.25, -0.2) is 9.97 Å². The van der Waals surface area contributed by atoms with Crippen molar-refractivity contribution in [3.63, 3.8) is 0 Å². The average Bonchev–Trinajstić information content (AvgIpc) is 2.47. The first-order valence-corrected chi connectivity index (χ1v) is 6.00. The first-order chi connectivity index (χ1) is 9.63. The van der Waals surface area contributed by atoms with E-state index in [0.717, 1.165) is 0 Å². The second-order valence-corrected chi connectivity index (χ2v) is 4.29. The summed E-state index contributed by atoms with van der Waals surface area (Å²) in [5.74, 6) is 0.313. The van der Waals surface area contributed by atoms with Crippen molar-refractivity contribution in [2.24, 2.45) is 5.11 Å². The van der Waals surface area contributed by atoms with E-state index in [0.29, 0.717) is 22.3 Å². The summed E-state index contributed by atoms with van der Waals surface area (Å²) in [6, 6.07) is 5.01. The molecule has 0 radical (unpaired) electrons. The second kappa shape index (κ2) is 6.16. The molecule has 2 rings (SSSR count). The summed E-state index contributed by atoms with van der Waals surface area (Å²) < 4.78 is 0. The summed E-state index contributed by atoms with van der Waals surface area (Å²) in [5, 5.41) is 23.9. The number of hydrogen-bond donors (Lipinski definition) is 3. The van der Waals surface area contributed by atoms with Gasteiger partial charge in [-0.15, -0.1) is 0 Å². The maximum atomic E-state index is 10.1. The number of nitrogens with zero attached hydrogens (tertiary/aromatic N) is 5. The minimum atomic E-state index is -1.09. The van der Waals surface area contributed by atoms with Crippen LogP contribution in [0.1, 0.15) is 18.1 Å². The number of aliphatic hydroxyl groups is 2. The molecule has 1 heterocycles. The Labute approximate surface area is 114 Å². The highest BCUT2D eigenvalue weighted by Gasteiger charge is 2.18. The summed E-state index contributed by atoms with van der Waals surface area (Å²) in [6.07, 6.45) is -0.580. The molecule has 1 aromatic carbocycles. The zero-order valence-electron chi connectivity index (χ0n) is 10.6. The van der Waals surface area contributed by atoms with Gasteiger partial charge in [-0.2, -0.15) is 0 Å². The quantitative estimate of drug-likeness (QED) is 0.428. The van der Waals surface area contributed by atoms with Gasteiger partial charge in [0.2, 0.25) is 0 Å². The molecule has 0 saturated heterocycles. The molecule has 0 spiro atoms. The Morgan fingerprint density at radius 3 is 2.90 bits per heavy atom. The number of azide groups is 1. The minimum absolute atomic E-state index is 0.119. The largest absolute Gasteiger partial charge is 0.390 e. The molecular formula is C12H14N6O2. The van der Waals surface area contributed by atoms with Gasteiger partial charge in [0.15, 0.2) is 0 Å². The van der Waals surface area contributed by atoms with E-state index < -0.39 is 12.2 Å². The predicted octanol–water partition coefficient (Wildman–Crippen LogP) is 1.31. The summed E-state index contributed by atoms with van der Waals surface area (Å²) in [5.41, 5.74) is 15.1. The lowest BCUT2D eigenvalue weighted by atomic mass is 10.0. The molecule has 0 fully saturated rings. The molecule has 0 aliphatic rings. The molecule has 0 saturated carbocycles. The summed E-state index contributed by atoms with van der Waals surface area (Å²) in [6.45, 7) is 0.119. The smallest absolute Gasteiger partial charge is 0.134 e. The van der Waals surface area contributed by atoms with Crippen molar-refractivity contribution in [1.29, 1.82) is 0 Å². The Hall–Kier alpha value is -2.41. The number of rotatable bonds is 5. The molecule has 0 aliphatic heterocycles. The van der Waals surface area contributed by atoms with E-state index in [1.54, 1.807) is 18.2 Å². The van der Waals surface area contributed by atoms with Gasteiger partial charge >= 0.3 is 0 Å². The van der Waals surface area contributed by atoms with Gasteiger partial charge in [-0.05, 0) is 29.6 Å². The van der Waals surface area contributed by atoms with E-state index in [-0.39, 0.29) is 13.0 Å². The maximum Gasteiger partial charge on any atom is 0.134 e. The van der Waals surface area contributed by atoms with E-state index in [2.05, 4.69) is 20.0 Å². The average molecular weight is 274 g/mol. The fourth-order valence-electron chi connectivity index (χ4n) is 1.89. The van der Waals surface area contributed by atoms with Crippen LogP contribution in [0, 0.1) is 0 Å². The fourth-order valence-corrected chi connectivity index (χ4v) is 1.89. The van der Waals surface area contributed by atoms with Crippen LogP contribution in [0.3, 0.4) is 0 Å². The van der Waals surface area contributed by atoms with Crippen molar-refractivity contribution in [3.05, 3.63) is 40.5 Å². The van der Waals surface area contributed by atoms with Crippen LogP contribution in [0.15, 0.2) is 29.6 Å². The van der Waals surface area contributed by atoms with Crippen molar-refractivity contribution >= 4 is 16.7 Å². The van der Waals surface area contributed by atoms with Crippen LogP contribution in [0.5, 0.6) is 0 Å². The molecule has 1 aromatic heterocycles. The number of nitrogens with two attached hydrogens (primary N) is 1. The molecule has 2 unspecified atom stereocenters. The fraction of sp³-hybridized carbons (Fsp3) is 0.333. The number of aromatic nitrogens is 2. The first kappa shape index (κ1) is 14.0. The molecular weight excluding hydrogens is 260 g/mol. The van der Waals surface area contributed by atoms with Crippen LogP contribution in [0.2, 0.25) is 0 Å². The van der Waals surface area contributed by atoms with Crippen LogP contribution in [0.25, 0.3) is 21.3 Å². The standard InChI is InChI=1S/C12H14N6O2/c13-12-8-5-7(1-2-9(8)15-6-16-12)11(20)10(19)3-4-17-18-14/h1-2,5-6,10-11,19-20H,3-4H2,(H2,13,15,16). The topological polar surface area (TPSA) is 141 Å². The third-order valence-electron chi connectivity index (χ3n) is 2.98. The van der Waals surface area contributed by atoms with Gasteiger partial charge in [0, 0.05) is 16.8 Å². The highest BCUT2D eigenvalue weighted by atomic mass is 16.3. The van der Waals surface area contributed by atoms with Crippen LogP contribution >= 0.6 is 0 Å². The van der Waals surface area contributed by atoms with E-state index in [1.165, 1.54) is 6.33 Å². The molecule has 8 heteroatoms. The zero-order valence-corrected chi connectivity index (χ0v) is 10.6. The van der Waals surface area contributed by atoms with Crippen LogP contribution < -0.4 is 5.73 Å². The van der Waals surface area contributed by atoms with E-state index >= 15 is 0 Å². The Bertz CT molecular complexity index is 655. The van der Waals surface area contributed by atoms with Crippen molar-refractivity contribution in [2.45, 2.75) is 18.6 Å². The summed E-state index contributed by atoms with van der Waals surface area (Å²) in [7, 11) is 0. The number of aliphatic hydroxyl groups excluding tert-OH is 2. The number of anilines is 1. The zero-order chi connectivity index (χ0) is 14.5. The third kappa shape index (κ3) is 2.94. The Balaban J connectivity index is 2.23. The lowest BCUT2D eigenvalue weighted by Gasteiger charge is -2.17. The molecule has 0 bridgehead atoms. The number of benzene rings is 1. The van der Waals surface area contributed by atoms with Gasteiger partial charge in [0.05, 0.1) is 11.6 Å². The number of hydrogen-bond acceptors (Lipinski definition) is 6. The Morgan fingerprint density at radius 1 is 1.35 bits per heavy atom. The normalized spacial score (nSPS) is 13.7. The van der Waals surface area contributed by atoms with Crippen LogP contribution in [-0.4, -0.2) is 32.8 Å². The monoisotopic (exact) mass is 274 g/mol. The molecule has 104 valence electrons. The number of nitrogen functional groups attached to an aromatic ring is 1. The molecule has 2 atom stereocenters. The molecule has 20 heavy (non-hydrogen) atoms. The van der Waals surface area contributed by atoms with Gasteiger partial charge in [-0.1, -0.05) is 11.2 Å². The molecule has 2 aromatic rings. The molecule has 4 N–H and O–H groups in total. The lowest BCUT2D eigenvalue weighted by molar-refractivity contribution is 0.0151. The summed E-state index contributed by atoms with van der Waals surface area (Å²) >= 11 is 0. The van der Waals surface area contributed by atoms with E-state index in [1.807, 2.05) is 0 Å². The molecule has 8 nitrogen and oxygen atoms in total. The molecule has 0 aliphatic carbocycles. The Morgan fingerprint density at radius 2 is 2.15 bits per heavy atom. The van der Waals surface area contributed by atoms with Gasteiger partial charge in [0.1, 0.15) is 18.2 Å². The first-order valence-electron chi connectivity index (χ1n) is 6.00. The second-order valence-electron chi connectivity index (χ2n) is 4.29. The third-order valence-corrected chi connectivity index (χ3v) is 2.98. The predicted molar refractivity (Wildman–Crippen MR) is 73.5 cm³/mol. The highest BCUT2D eigenvalue weighted by molar-refractivity contribution is 5.88. The van der Waals surface area contributed by atoms with Crippen molar-refractivity contribution in [1.82, 2.24) is 9.97 Å². The van der Waals surface area contributed by atoms with E-state index in [4.69, 9.17) is 11.3 Å². The SMILES string of the molecule is [N-]=[N+]=NCCC(O)C(O)c1ccc2ncnc(N)c2c1. The van der Waals surface area contributed by atoms with Gasteiger partial charge in [-0.3, -0.25) is 0 Å². The minimum Gasteiger partial charge on any atom is -0.390 e. The summed E-state index contributed by atoms with van der Waals surface area (Å²) in [4.78, 5) is 10.5. The van der Waals surface area contributed by atoms with Gasteiger partial charge in [0.25, 0.3) is 0 Å². The lowest BCUT2D eigenvalue weighted by Crippen LogP contribution is -2.19. The maximum absolute atomic E-state index is 10.1. The van der Waals surface area contributed by atoms with Crippen molar-refractivity contribution < 1.29 is 10.2 Å². The van der Waals surface area contributed by atoms with Crippen LogP contribution in [0.4, 0.5) is 5.82 Å². The van der Waals surface area contributed by atoms with Crippen molar-refractivity contribution in [3.8, 4) is 0 Å².